The third-order valence-corrected chi connectivity index (χ3v) is 6.70. The van der Waals surface area contributed by atoms with E-state index in [0.29, 0.717) is 13.2 Å². The number of benzene rings is 2. The highest BCUT2D eigenvalue weighted by Crippen LogP contribution is 2.27. The quantitative estimate of drug-likeness (QED) is 0.658. The van der Waals surface area contributed by atoms with Crippen LogP contribution in [0.2, 0.25) is 0 Å². The van der Waals surface area contributed by atoms with Crippen LogP contribution < -0.4 is 14.2 Å². The second-order valence-corrected chi connectivity index (χ2v) is 9.04. The SMILES string of the molecule is COc1ccc(C(=O)N(C)CCOc2ccccc2)cc1S(=O)(=O)NC1CCCC1. The largest absolute Gasteiger partial charge is 0.495 e. The van der Waals surface area contributed by atoms with Crippen molar-refractivity contribution in [3.63, 3.8) is 0 Å². The summed E-state index contributed by atoms with van der Waals surface area (Å²) in [5, 5.41) is 0. The number of likely N-dealkylation sites (N-methyl/N-ethyl adjacent to an activating group) is 1. The summed E-state index contributed by atoms with van der Waals surface area (Å²) in [4.78, 5) is 14.3. The number of amides is 1. The predicted octanol–water partition coefficient (Wildman–Crippen LogP) is 3.07. The standard InChI is InChI=1S/C22H28N2O5S/c1-24(14-15-29-19-10-4-3-5-11-19)22(25)17-12-13-20(28-2)21(16-17)30(26,27)23-18-8-6-7-9-18/h3-5,10-13,16,18,23H,6-9,14-15H2,1-2H3. The normalized spacial score (nSPS) is 14.5. The Kier molecular flexibility index (Phi) is 7.33. The molecule has 162 valence electrons. The van der Waals surface area contributed by atoms with Crippen LogP contribution >= 0.6 is 0 Å². The van der Waals surface area contributed by atoms with Crippen molar-refractivity contribution in [3.8, 4) is 11.5 Å². The average molecular weight is 433 g/mol. The third kappa shape index (κ3) is 5.52. The van der Waals surface area contributed by atoms with Gasteiger partial charge in [-0.3, -0.25) is 4.79 Å². The van der Waals surface area contributed by atoms with E-state index in [4.69, 9.17) is 9.47 Å². The number of nitrogens with zero attached hydrogens (tertiary/aromatic N) is 1. The minimum absolute atomic E-state index is 0.0170. The second kappa shape index (κ2) is 9.95. The summed E-state index contributed by atoms with van der Waals surface area (Å²) in [7, 11) is -0.718. The van der Waals surface area contributed by atoms with Crippen LogP contribution in [-0.4, -0.2) is 52.6 Å². The maximum atomic E-state index is 12.9. The molecule has 3 rings (SSSR count). The van der Waals surface area contributed by atoms with Gasteiger partial charge >= 0.3 is 0 Å². The van der Waals surface area contributed by atoms with E-state index >= 15 is 0 Å². The molecule has 7 nitrogen and oxygen atoms in total. The van der Waals surface area contributed by atoms with Crippen molar-refractivity contribution in [2.75, 3.05) is 27.3 Å². The molecule has 0 atom stereocenters. The Hall–Kier alpha value is -2.58. The fraction of sp³-hybridized carbons (Fsp3) is 0.409. The molecule has 2 aromatic carbocycles. The highest BCUT2D eigenvalue weighted by atomic mass is 32.2. The summed E-state index contributed by atoms with van der Waals surface area (Å²) in [6, 6.07) is 13.8. The molecule has 1 fully saturated rings. The fourth-order valence-corrected chi connectivity index (χ4v) is 4.99. The lowest BCUT2D eigenvalue weighted by molar-refractivity contribution is 0.0773. The molecule has 1 amide bonds. The van der Waals surface area contributed by atoms with E-state index in [9.17, 15) is 13.2 Å². The van der Waals surface area contributed by atoms with Crippen LogP contribution in [0.3, 0.4) is 0 Å². The molecule has 8 heteroatoms. The fourth-order valence-electron chi connectivity index (χ4n) is 3.49. The van der Waals surface area contributed by atoms with Crippen LogP contribution in [-0.2, 0) is 10.0 Å². The van der Waals surface area contributed by atoms with Gasteiger partial charge in [0.15, 0.2) is 0 Å². The van der Waals surface area contributed by atoms with Crippen molar-refractivity contribution >= 4 is 15.9 Å². The summed E-state index contributed by atoms with van der Waals surface area (Å²) in [5.74, 6) is 0.660. The number of hydrogen-bond donors (Lipinski definition) is 1. The maximum absolute atomic E-state index is 12.9. The van der Waals surface area contributed by atoms with Gasteiger partial charge in [0.05, 0.1) is 13.7 Å². The number of carbonyl (C=O) groups excluding carboxylic acids is 1. The van der Waals surface area contributed by atoms with Gasteiger partial charge in [-0.05, 0) is 43.2 Å². The van der Waals surface area contributed by atoms with E-state index < -0.39 is 10.0 Å². The first kappa shape index (κ1) is 22.1. The first-order valence-electron chi connectivity index (χ1n) is 10.0. The second-order valence-electron chi connectivity index (χ2n) is 7.36. The molecule has 0 saturated heterocycles. The van der Waals surface area contributed by atoms with E-state index in [0.717, 1.165) is 31.4 Å². The molecule has 0 aromatic heterocycles. The number of hydrogen-bond acceptors (Lipinski definition) is 5. The lowest BCUT2D eigenvalue weighted by Gasteiger charge is -2.19. The van der Waals surface area contributed by atoms with E-state index in [-0.39, 0.29) is 28.2 Å². The summed E-state index contributed by atoms with van der Waals surface area (Å²) >= 11 is 0. The van der Waals surface area contributed by atoms with Crippen LogP contribution in [0.1, 0.15) is 36.0 Å². The molecule has 0 radical (unpaired) electrons. The van der Waals surface area contributed by atoms with Gasteiger partial charge in [-0.1, -0.05) is 31.0 Å². The minimum Gasteiger partial charge on any atom is -0.495 e. The zero-order chi connectivity index (χ0) is 21.6. The molecular formula is C22H28N2O5S. The molecule has 2 aromatic rings. The molecule has 0 unspecified atom stereocenters. The first-order chi connectivity index (χ1) is 14.4. The average Bonchev–Trinajstić information content (AvgIpc) is 3.25. The number of para-hydroxylation sites is 1. The molecule has 1 N–H and O–H groups in total. The minimum atomic E-state index is -3.79. The molecule has 1 saturated carbocycles. The van der Waals surface area contributed by atoms with Crippen LogP contribution in [0.15, 0.2) is 53.4 Å². The summed E-state index contributed by atoms with van der Waals surface area (Å²) < 4.78 is 39.4. The Morgan fingerprint density at radius 3 is 2.50 bits per heavy atom. The van der Waals surface area contributed by atoms with Crippen molar-refractivity contribution in [2.45, 2.75) is 36.6 Å². The Balaban J connectivity index is 1.70. The number of rotatable bonds is 9. The summed E-state index contributed by atoms with van der Waals surface area (Å²) in [6.45, 7) is 0.693. The predicted molar refractivity (Wildman–Crippen MR) is 114 cm³/mol. The van der Waals surface area contributed by atoms with Crippen molar-refractivity contribution < 1.29 is 22.7 Å². The van der Waals surface area contributed by atoms with E-state index in [2.05, 4.69) is 4.72 Å². The van der Waals surface area contributed by atoms with Crippen LogP contribution in [0.25, 0.3) is 0 Å². The van der Waals surface area contributed by atoms with Gasteiger partial charge in [-0.15, -0.1) is 0 Å². The van der Waals surface area contributed by atoms with Gasteiger partial charge in [-0.25, -0.2) is 13.1 Å². The highest BCUT2D eigenvalue weighted by Gasteiger charge is 2.27. The smallest absolute Gasteiger partial charge is 0.253 e. The number of nitrogens with one attached hydrogen (secondary N) is 1. The van der Waals surface area contributed by atoms with Crippen molar-refractivity contribution in [2.24, 2.45) is 0 Å². The molecule has 0 bridgehead atoms. The topological polar surface area (TPSA) is 84.9 Å². The number of carbonyl (C=O) groups is 1. The maximum Gasteiger partial charge on any atom is 0.253 e. The summed E-state index contributed by atoms with van der Waals surface area (Å²) in [6.07, 6.45) is 3.67. The highest BCUT2D eigenvalue weighted by molar-refractivity contribution is 7.89. The van der Waals surface area contributed by atoms with Crippen molar-refractivity contribution in [1.29, 1.82) is 0 Å². The molecule has 0 heterocycles. The van der Waals surface area contributed by atoms with Gasteiger partial charge in [0.25, 0.3) is 5.91 Å². The van der Waals surface area contributed by atoms with Crippen LogP contribution in [0.4, 0.5) is 0 Å². The van der Waals surface area contributed by atoms with Gasteiger partial charge in [0.2, 0.25) is 10.0 Å². The third-order valence-electron chi connectivity index (χ3n) is 5.16. The number of sulfonamides is 1. The van der Waals surface area contributed by atoms with Crippen molar-refractivity contribution in [1.82, 2.24) is 9.62 Å². The zero-order valence-electron chi connectivity index (χ0n) is 17.3. The van der Waals surface area contributed by atoms with Crippen LogP contribution in [0, 0.1) is 0 Å². The first-order valence-corrected chi connectivity index (χ1v) is 11.5. The number of methoxy groups -OCH3 is 1. The number of ether oxygens (including phenoxy) is 2. The molecular weight excluding hydrogens is 404 g/mol. The molecule has 1 aliphatic rings. The monoisotopic (exact) mass is 432 g/mol. The molecule has 0 aliphatic heterocycles. The summed E-state index contributed by atoms with van der Waals surface area (Å²) in [5.41, 5.74) is 0.282. The van der Waals surface area contributed by atoms with Gasteiger partial charge in [0, 0.05) is 18.7 Å². The Morgan fingerprint density at radius 2 is 1.83 bits per heavy atom. The van der Waals surface area contributed by atoms with Gasteiger partial charge in [0.1, 0.15) is 23.0 Å². The Bertz CT molecular complexity index is 957. The molecule has 0 spiro atoms. The zero-order valence-corrected chi connectivity index (χ0v) is 18.2. The molecule has 30 heavy (non-hydrogen) atoms. The van der Waals surface area contributed by atoms with Crippen LogP contribution in [0.5, 0.6) is 11.5 Å². The Morgan fingerprint density at radius 1 is 1.13 bits per heavy atom. The molecule has 1 aliphatic carbocycles. The van der Waals surface area contributed by atoms with Gasteiger partial charge < -0.3 is 14.4 Å². The van der Waals surface area contributed by atoms with E-state index in [1.54, 1.807) is 13.1 Å². The lowest BCUT2D eigenvalue weighted by Crippen LogP contribution is -2.33. The van der Waals surface area contributed by atoms with E-state index in [1.807, 2.05) is 30.3 Å². The Labute approximate surface area is 178 Å². The van der Waals surface area contributed by atoms with E-state index in [1.165, 1.54) is 24.1 Å². The van der Waals surface area contributed by atoms with Gasteiger partial charge in [-0.2, -0.15) is 0 Å². The lowest BCUT2D eigenvalue weighted by atomic mass is 10.2. The van der Waals surface area contributed by atoms with Crippen molar-refractivity contribution in [3.05, 3.63) is 54.1 Å².